The number of anilines is 1. The van der Waals surface area contributed by atoms with Crippen molar-refractivity contribution >= 4 is 22.6 Å². The third-order valence-corrected chi connectivity index (χ3v) is 5.86. The first-order valence-electron chi connectivity index (χ1n) is 9.60. The lowest BCUT2D eigenvalue weighted by Crippen LogP contribution is -2.44. The molecule has 0 bridgehead atoms. The van der Waals surface area contributed by atoms with Crippen LogP contribution in [0.1, 0.15) is 12.0 Å². The third-order valence-electron chi connectivity index (χ3n) is 5.12. The summed E-state index contributed by atoms with van der Waals surface area (Å²) in [7, 11) is 0. The number of carbonyl (C=O) groups excluding carboxylic acids is 1. The number of hydrogen-bond donors (Lipinski definition) is 2. The summed E-state index contributed by atoms with van der Waals surface area (Å²) < 4.78 is 16.7. The fraction of sp³-hybridized carbons (Fsp3) is 0.368. The van der Waals surface area contributed by atoms with Crippen LogP contribution in [0.4, 0.5) is 5.13 Å². The molecule has 0 radical (unpaired) electrons. The Balaban J connectivity index is 1.22. The first-order valence-corrected chi connectivity index (χ1v) is 10.4. The molecule has 11 heteroatoms. The summed E-state index contributed by atoms with van der Waals surface area (Å²) in [6, 6.07) is 5.28. The van der Waals surface area contributed by atoms with E-state index in [4.69, 9.17) is 9.47 Å². The summed E-state index contributed by atoms with van der Waals surface area (Å²) >= 11 is 1.20. The van der Waals surface area contributed by atoms with E-state index in [9.17, 15) is 9.90 Å². The fourth-order valence-electron chi connectivity index (χ4n) is 3.63. The van der Waals surface area contributed by atoms with E-state index in [2.05, 4.69) is 19.7 Å². The van der Waals surface area contributed by atoms with E-state index >= 15 is 0 Å². The second kappa shape index (κ2) is 7.92. The number of benzene rings is 1. The van der Waals surface area contributed by atoms with Crippen molar-refractivity contribution in [3.05, 3.63) is 42.5 Å². The van der Waals surface area contributed by atoms with Gasteiger partial charge in [0, 0.05) is 43.4 Å². The largest absolute Gasteiger partial charge is 0.454 e. The maximum absolute atomic E-state index is 12.8. The smallest absolute Gasteiger partial charge is 0.248 e. The first-order chi connectivity index (χ1) is 14.7. The Labute approximate surface area is 176 Å². The molecule has 2 atom stereocenters. The van der Waals surface area contributed by atoms with Crippen molar-refractivity contribution in [1.29, 1.82) is 0 Å². The van der Waals surface area contributed by atoms with Gasteiger partial charge < -0.3 is 24.8 Å². The van der Waals surface area contributed by atoms with Crippen LogP contribution in [0.2, 0.25) is 0 Å². The van der Waals surface area contributed by atoms with Crippen LogP contribution in [-0.2, 0) is 11.2 Å². The molecule has 2 aliphatic heterocycles. The molecule has 0 aliphatic carbocycles. The van der Waals surface area contributed by atoms with Gasteiger partial charge in [0.15, 0.2) is 11.5 Å². The molecular weight excluding hydrogens is 408 g/mol. The number of rotatable bonds is 6. The van der Waals surface area contributed by atoms with Gasteiger partial charge >= 0.3 is 0 Å². The van der Waals surface area contributed by atoms with Crippen LogP contribution in [0.5, 0.6) is 11.5 Å². The first kappa shape index (κ1) is 18.8. The third kappa shape index (κ3) is 3.68. The van der Waals surface area contributed by atoms with E-state index < -0.39 is 12.1 Å². The molecule has 10 nitrogen and oxygen atoms in total. The second-order valence-electron chi connectivity index (χ2n) is 7.13. The van der Waals surface area contributed by atoms with Gasteiger partial charge in [-0.1, -0.05) is 6.07 Å². The number of imidazole rings is 1. The van der Waals surface area contributed by atoms with E-state index in [1.54, 1.807) is 23.3 Å². The van der Waals surface area contributed by atoms with Gasteiger partial charge in [-0.3, -0.25) is 9.36 Å². The van der Waals surface area contributed by atoms with Crippen molar-refractivity contribution in [1.82, 2.24) is 24.2 Å². The van der Waals surface area contributed by atoms with E-state index in [1.165, 1.54) is 11.5 Å². The Morgan fingerprint density at radius 1 is 1.33 bits per heavy atom. The van der Waals surface area contributed by atoms with Crippen LogP contribution in [0, 0.1) is 0 Å². The predicted octanol–water partition coefficient (Wildman–Crippen LogP) is 0.751. The number of aromatic nitrogens is 4. The topological polar surface area (TPSA) is 115 Å². The molecule has 2 aromatic heterocycles. The molecule has 1 fully saturated rings. The van der Waals surface area contributed by atoms with E-state index in [0.717, 1.165) is 17.1 Å². The van der Waals surface area contributed by atoms with E-state index in [-0.39, 0.29) is 12.7 Å². The summed E-state index contributed by atoms with van der Waals surface area (Å²) in [4.78, 5) is 23.1. The monoisotopic (exact) mass is 428 g/mol. The van der Waals surface area contributed by atoms with E-state index in [1.807, 2.05) is 23.1 Å². The maximum atomic E-state index is 12.8. The number of aliphatic hydroxyl groups is 1. The number of nitrogens with one attached hydrogen (secondary N) is 1. The van der Waals surface area contributed by atoms with Crippen LogP contribution < -0.4 is 19.7 Å². The van der Waals surface area contributed by atoms with Gasteiger partial charge in [-0.2, -0.15) is 9.36 Å². The molecule has 1 aromatic carbocycles. The predicted molar refractivity (Wildman–Crippen MR) is 108 cm³/mol. The lowest BCUT2D eigenvalue weighted by molar-refractivity contribution is -0.122. The minimum absolute atomic E-state index is 0.133. The molecule has 2 N–H and O–H groups in total. The van der Waals surface area contributed by atoms with Crippen LogP contribution in [0.3, 0.4) is 0 Å². The lowest BCUT2D eigenvalue weighted by atomic mass is 10.1. The van der Waals surface area contributed by atoms with Crippen molar-refractivity contribution in [3.63, 3.8) is 0 Å². The average molecular weight is 428 g/mol. The molecule has 0 spiro atoms. The van der Waals surface area contributed by atoms with Gasteiger partial charge in [-0.25, -0.2) is 4.98 Å². The number of β-amino-alcohol motifs (C(OH)–C–C–N with tert-alkyl or cyclic N) is 1. The highest BCUT2D eigenvalue weighted by molar-refractivity contribution is 7.09. The number of ether oxygens (including phenoxy) is 2. The quantitative estimate of drug-likeness (QED) is 0.591. The molecule has 0 saturated carbocycles. The van der Waals surface area contributed by atoms with Crippen molar-refractivity contribution in [3.8, 4) is 17.4 Å². The second-order valence-corrected chi connectivity index (χ2v) is 7.86. The highest BCUT2D eigenvalue weighted by Crippen LogP contribution is 2.32. The average Bonchev–Trinajstić information content (AvgIpc) is 3.52. The molecule has 2 aliphatic rings. The van der Waals surface area contributed by atoms with Crippen LogP contribution in [0.25, 0.3) is 5.95 Å². The van der Waals surface area contributed by atoms with Crippen LogP contribution in [-0.4, -0.2) is 62.0 Å². The zero-order valence-electron chi connectivity index (χ0n) is 16.0. The molecule has 4 heterocycles. The molecule has 3 aromatic rings. The van der Waals surface area contributed by atoms with Crippen molar-refractivity contribution in [2.24, 2.45) is 0 Å². The number of aliphatic hydroxyl groups excluding tert-OH is 1. The van der Waals surface area contributed by atoms with Gasteiger partial charge in [-0.15, -0.1) is 0 Å². The van der Waals surface area contributed by atoms with Crippen molar-refractivity contribution in [2.75, 3.05) is 24.8 Å². The summed E-state index contributed by atoms with van der Waals surface area (Å²) in [6.07, 6.45) is 5.46. The van der Waals surface area contributed by atoms with E-state index in [0.29, 0.717) is 37.0 Å². The molecule has 1 amide bonds. The Hall–Kier alpha value is -3.18. The minimum Gasteiger partial charge on any atom is -0.454 e. The fourth-order valence-corrected chi connectivity index (χ4v) is 4.35. The summed E-state index contributed by atoms with van der Waals surface area (Å²) in [5, 5.41) is 13.7. The zero-order valence-corrected chi connectivity index (χ0v) is 16.8. The number of amides is 1. The highest BCUT2D eigenvalue weighted by atomic mass is 32.1. The van der Waals surface area contributed by atoms with Crippen molar-refractivity contribution in [2.45, 2.75) is 25.0 Å². The summed E-state index contributed by atoms with van der Waals surface area (Å²) in [5.74, 6) is 1.84. The molecule has 1 saturated heterocycles. The Morgan fingerprint density at radius 3 is 3.10 bits per heavy atom. The summed E-state index contributed by atoms with van der Waals surface area (Å²) in [6.45, 7) is 1.07. The standard InChI is InChI=1S/C19H20N6O4S/c26-13-8-14(25(9-13)19-22-18(23-30-19)24-6-5-20-10-24)17(27)21-4-3-12-1-2-15-16(7-12)29-11-28-15/h1-2,5-7,10,13-14,26H,3-4,8-9,11H2,(H,21,27). The summed E-state index contributed by atoms with van der Waals surface area (Å²) in [5.41, 5.74) is 1.05. The van der Waals surface area contributed by atoms with Gasteiger partial charge in [0.1, 0.15) is 12.4 Å². The zero-order chi connectivity index (χ0) is 20.5. The number of carbonyl (C=O) groups is 1. The van der Waals surface area contributed by atoms with Gasteiger partial charge in [0.05, 0.1) is 6.10 Å². The van der Waals surface area contributed by atoms with Crippen LogP contribution in [0.15, 0.2) is 36.9 Å². The van der Waals surface area contributed by atoms with Gasteiger partial charge in [0.2, 0.25) is 23.8 Å². The SMILES string of the molecule is O=C(NCCc1ccc2c(c1)OCO2)C1CC(O)CN1c1nc(-n2ccnc2)ns1. The molecule has 30 heavy (non-hydrogen) atoms. The highest BCUT2D eigenvalue weighted by Gasteiger charge is 2.37. The molecular formula is C19H20N6O4S. The van der Waals surface area contributed by atoms with Gasteiger partial charge in [-0.05, 0) is 24.1 Å². The number of hydrogen-bond acceptors (Lipinski definition) is 9. The number of nitrogens with zero attached hydrogens (tertiary/aromatic N) is 5. The molecule has 156 valence electrons. The van der Waals surface area contributed by atoms with Crippen molar-refractivity contribution < 1.29 is 19.4 Å². The Morgan fingerprint density at radius 2 is 2.23 bits per heavy atom. The normalized spacial score (nSPS) is 20.0. The Kier molecular flexibility index (Phi) is 4.97. The molecule has 2 unspecified atom stereocenters. The lowest BCUT2D eigenvalue weighted by Gasteiger charge is -2.22. The minimum atomic E-state index is -0.588. The van der Waals surface area contributed by atoms with Gasteiger partial charge in [0.25, 0.3) is 0 Å². The van der Waals surface area contributed by atoms with Crippen LogP contribution >= 0.6 is 11.5 Å². The molecule has 5 rings (SSSR count). The Bertz CT molecular complexity index is 1040. The number of fused-ring (bicyclic) bond motifs is 1. The maximum Gasteiger partial charge on any atom is 0.248 e.